The molecule has 24 heavy (non-hydrogen) atoms. The zero-order valence-electron chi connectivity index (χ0n) is 15.1. The van der Waals surface area contributed by atoms with Crippen molar-refractivity contribution in [3.05, 3.63) is 29.8 Å². The highest BCUT2D eigenvalue weighted by atomic mass is 32.2. The lowest BCUT2D eigenvalue weighted by Crippen LogP contribution is -2.37. The third-order valence-electron chi connectivity index (χ3n) is 3.31. The fourth-order valence-corrected chi connectivity index (χ4v) is 2.52. The molecule has 136 valence electrons. The Bertz CT molecular complexity index is 452. The molecule has 0 bridgehead atoms. The zero-order chi connectivity index (χ0) is 17.5. The molecule has 0 heterocycles. The number of ether oxygens (including phenoxy) is 2. The molecule has 0 saturated carbocycles. The molecule has 0 aliphatic heterocycles. The second-order valence-electron chi connectivity index (χ2n) is 5.31. The summed E-state index contributed by atoms with van der Waals surface area (Å²) >= 11 is 1.89. The summed E-state index contributed by atoms with van der Waals surface area (Å²) in [6.45, 7) is 5.72. The normalized spacial score (nSPS) is 11.4. The fraction of sp³-hybridized carbons (Fsp3) is 0.611. The van der Waals surface area contributed by atoms with E-state index in [1.807, 2.05) is 36.0 Å². The van der Waals surface area contributed by atoms with E-state index in [1.165, 1.54) is 18.6 Å². The van der Waals surface area contributed by atoms with Gasteiger partial charge in [-0.3, -0.25) is 0 Å². The van der Waals surface area contributed by atoms with Crippen molar-refractivity contribution in [2.45, 2.75) is 26.3 Å². The SMILES string of the molecule is CCNC(=NCc1ccc(OCCOC)cc1)NCCCCSC. The molecule has 0 aliphatic rings. The van der Waals surface area contributed by atoms with E-state index in [0.717, 1.165) is 30.4 Å². The van der Waals surface area contributed by atoms with Crippen LogP contribution in [0.5, 0.6) is 5.75 Å². The summed E-state index contributed by atoms with van der Waals surface area (Å²) in [6, 6.07) is 8.05. The highest BCUT2D eigenvalue weighted by Crippen LogP contribution is 2.12. The highest BCUT2D eigenvalue weighted by molar-refractivity contribution is 7.98. The molecule has 0 amide bonds. The van der Waals surface area contributed by atoms with Gasteiger partial charge in [0, 0.05) is 20.2 Å². The first-order chi connectivity index (χ1) is 11.8. The average Bonchev–Trinajstić information content (AvgIpc) is 2.60. The van der Waals surface area contributed by atoms with Crippen LogP contribution in [0.15, 0.2) is 29.3 Å². The smallest absolute Gasteiger partial charge is 0.191 e. The van der Waals surface area contributed by atoms with Gasteiger partial charge in [0.2, 0.25) is 0 Å². The molecule has 6 heteroatoms. The Balaban J connectivity index is 2.41. The van der Waals surface area contributed by atoms with Crippen LogP contribution < -0.4 is 15.4 Å². The van der Waals surface area contributed by atoms with E-state index in [2.05, 4.69) is 28.8 Å². The summed E-state index contributed by atoms with van der Waals surface area (Å²) in [6.07, 6.45) is 4.55. The van der Waals surface area contributed by atoms with Crippen molar-refractivity contribution >= 4 is 17.7 Å². The molecule has 5 nitrogen and oxygen atoms in total. The molecule has 1 aromatic rings. The van der Waals surface area contributed by atoms with Gasteiger partial charge in [0.05, 0.1) is 13.2 Å². The van der Waals surface area contributed by atoms with Gasteiger partial charge in [0.15, 0.2) is 5.96 Å². The van der Waals surface area contributed by atoms with E-state index in [4.69, 9.17) is 9.47 Å². The predicted molar refractivity (Wildman–Crippen MR) is 104 cm³/mol. The standard InChI is InChI=1S/C18H31N3O2S/c1-4-19-18(20-11-5-6-14-24-3)21-15-16-7-9-17(10-8-16)23-13-12-22-2/h7-10H,4-6,11-15H2,1-3H3,(H2,19,20,21). The highest BCUT2D eigenvalue weighted by Gasteiger charge is 1.99. The zero-order valence-corrected chi connectivity index (χ0v) is 16.0. The van der Waals surface area contributed by atoms with Gasteiger partial charge in [-0.15, -0.1) is 0 Å². The molecule has 0 unspecified atom stereocenters. The van der Waals surface area contributed by atoms with Crippen molar-refractivity contribution in [2.24, 2.45) is 4.99 Å². The molecular formula is C18H31N3O2S. The quantitative estimate of drug-likeness (QED) is 0.344. The first kappa shape index (κ1) is 20.6. The molecule has 1 rings (SSSR count). The van der Waals surface area contributed by atoms with Crippen molar-refractivity contribution < 1.29 is 9.47 Å². The summed E-state index contributed by atoms with van der Waals surface area (Å²) in [4.78, 5) is 4.63. The lowest BCUT2D eigenvalue weighted by Gasteiger charge is -2.11. The third-order valence-corrected chi connectivity index (χ3v) is 4.01. The Labute approximate surface area is 150 Å². The molecule has 0 spiro atoms. The van der Waals surface area contributed by atoms with Gasteiger partial charge in [-0.05, 0) is 49.5 Å². The van der Waals surface area contributed by atoms with Crippen LogP contribution in [0.1, 0.15) is 25.3 Å². The van der Waals surface area contributed by atoms with Crippen LogP contribution >= 0.6 is 11.8 Å². The first-order valence-corrected chi connectivity index (χ1v) is 9.91. The fourth-order valence-electron chi connectivity index (χ4n) is 2.02. The molecule has 0 fully saturated rings. The number of unbranched alkanes of at least 4 members (excludes halogenated alkanes) is 1. The lowest BCUT2D eigenvalue weighted by atomic mass is 10.2. The lowest BCUT2D eigenvalue weighted by molar-refractivity contribution is 0.146. The van der Waals surface area contributed by atoms with E-state index in [1.54, 1.807) is 7.11 Å². The number of benzene rings is 1. The van der Waals surface area contributed by atoms with Crippen LogP contribution in [-0.4, -0.2) is 51.4 Å². The maximum absolute atomic E-state index is 5.56. The summed E-state index contributed by atoms with van der Waals surface area (Å²) in [7, 11) is 1.67. The van der Waals surface area contributed by atoms with Crippen LogP contribution in [0.3, 0.4) is 0 Å². The maximum atomic E-state index is 5.56. The summed E-state index contributed by atoms with van der Waals surface area (Å²) in [5.74, 6) is 2.95. The summed E-state index contributed by atoms with van der Waals surface area (Å²) in [5, 5.41) is 6.67. The van der Waals surface area contributed by atoms with Gasteiger partial charge < -0.3 is 20.1 Å². The van der Waals surface area contributed by atoms with Crippen LogP contribution in [0.25, 0.3) is 0 Å². The van der Waals surface area contributed by atoms with Crippen molar-refractivity contribution in [3.8, 4) is 5.75 Å². The third kappa shape index (κ3) is 9.67. The van der Waals surface area contributed by atoms with E-state index in [9.17, 15) is 0 Å². The maximum Gasteiger partial charge on any atom is 0.191 e. The molecule has 0 saturated heterocycles. The molecule has 0 aromatic heterocycles. The average molecular weight is 354 g/mol. The van der Waals surface area contributed by atoms with Gasteiger partial charge in [0.1, 0.15) is 12.4 Å². The Morgan fingerprint density at radius 3 is 2.58 bits per heavy atom. The number of aliphatic imine (C=N–C) groups is 1. The first-order valence-electron chi connectivity index (χ1n) is 8.52. The van der Waals surface area contributed by atoms with Crippen LogP contribution in [0.4, 0.5) is 0 Å². The summed E-state index contributed by atoms with van der Waals surface area (Å²) in [5.41, 5.74) is 1.16. The van der Waals surface area contributed by atoms with E-state index < -0.39 is 0 Å². The molecule has 1 aromatic carbocycles. The monoisotopic (exact) mass is 353 g/mol. The van der Waals surface area contributed by atoms with Crippen molar-refractivity contribution in [1.82, 2.24) is 10.6 Å². The Kier molecular flexibility index (Phi) is 12.0. The number of nitrogens with one attached hydrogen (secondary N) is 2. The van der Waals surface area contributed by atoms with Crippen molar-refractivity contribution in [2.75, 3.05) is 45.4 Å². The number of rotatable bonds is 12. The van der Waals surface area contributed by atoms with Crippen LogP contribution in [-0.2, 0) is 11.3 Å². The van der Waals surface area contributed by atoms with Gasteiger partial charge in [-0.2, -0.15) is 11.8 Å². The number of hydrogen-bond donors (Lipinski definition) is 2. The molecule has 0 aliphatic carbocycles. The second-order valence-corrected chi connectivity index (χ2v) is 6.29. The number of nitrogens with zero attached hydrogens (tertiary/aromatic N) is 1. The topological polar surface area (TPSA) is 54.9 Å². The number of thioether (sulfide) groups is 1. The van der Waals surface area contributed by atoms with E-state index >= 15 is 0 Å². The van der Waals surface area contributed by atoms with E-state index in [0.29, 0.717) is 19.8 Å². The van der Waals surface area contributed by atoms with Crippen molar-refractivity contribution in [3.63, 3.8) is 0 Å². The Hall–Kier alpha value is -1.40. The van der Waals surface area contributed by atoms with Crippen LogP contribution in [0.2, 0.25) is 0 Å². The van der Waals surface area contributed by atoms with Gasteiger partial charge >= 0.3 is 0 Å². The molecular weight excluding hydrogens is 322 g/mol. The minimum absolute atomic E-state index is 0.568. The number of guanidine groups is 1. The van der Waals surface area contributed by atoms with Gasteiger partial charge in [-0.1, -0.05) is 12.1 Å². The molecule has 2 N–H and O–H groups in total. The van der Waals surface area contributed by atoms with Gasteiger partial charge in [0.25, 0.3) is 0 Å². The number of methoxy groups -OCH3 is 1. The molecule has 0 atom stereocenters. The second kappa shape index (κ2) is 14.0. The van der Waals surface area contributed by atoms with Crippen molar-refractivity contribution in [1.29, 1.82) is 0 Å². The minimum Gasteiger partial charge on any atom is -0.491 e. The summed E-state index contributed by atoms with van der Waals surface area (Å²) < 4.78 is 10.5. The minimum atomic E-state index is 0.568. The van der Waals surface area contributed by atoms with Gasteiger partial charge in [-0.25, -0.2) is 4.99 Å². The Morgan fingerprint density at radius 2 is 1.92 bits per heavy atom. The predicted octanol–water partition coefficient (Wildman–Crippen LogP) is 2.91. The largest absolute Gasteiger partial charge is 0.491 e. The Morgan fingerprint density at radius 1 is 1.12 bits per heavy atom. The van der Waals surface area contributed by atoms with Crippen LogP contribution in [0, 0.1) is 0 Å². The van der Waals surface area contributed by atoms with E-state index in [-0.39, 0.29) is 0 Å². The molecule has 0 radical (unpaired) electrons. The number of hydrogen-bond acceptors (Lipinski definition) is 4.